The summed E-state index contributed by atoms with van der Waals surface area (Å²) in [5, 5.41) is 12.1. The van der Waals surface area contributed by atoms with Crippen molar-refractivity contribution in [1.29, 1.82) is 0 Å². The van der Waals surface area contributed by atoms with Crippen molar-refractivity contribution in [2.75, 3.05) is 17.7 Å². The van der Waals surface area contributed by atoms with Gasteiger partial charge in [-0.05, 0) is 43.7 Å². The molecule has 0 bridgehead atoms. The maximum absolute atomic E-state index is 11.8. The van der Waals surface area contributed by atoms with Crippen molar-refractivity contribution in [1.82, 2.24) is 0 Å². The minimum atomic E-state index is -3.38. The van der Waals surface area contributed by atoms with E-state index in [9.17, 15) is 8.42 Å². The highest BCUT2D eigenvalue weighted by molar-refractivity contribution is 7.91. The summed E-state index contributed by atoms with van der Waals surface area (Å²) in [5.74, 6) is -0.248. The number of benzene rings is 2. The Morgan fingerprint density at radius 1 is 1.00 bits per heavy atom. The molecule has 118 valence electrons. The van der Waals surface area contributed by atoms with Crippen LogP contribution < -0.4 is 5.32 Å². The molecule has 0 unspecified atom stereocenters. The van der Waals surface area contributed by atoms with Crippen LogP contribution in [0.25, 0.3) is 0 Å². The topological polar surface area (TPSA) is 66.4 Å². The molecule has 2 N–H and O–H groups in total. The van der Waals surface area contributed by atoms with Gasteiger partial charge in [-0.3, -0.25) is 0 Å². The Kier molecular flexibility index (Phi) is 5.21. The lowest BCUT2D eigenvalue weighted by Gasteiger charge is -2.09. The van der Waals surface area contributed by atoms with Gasteiger partial charge in [0.15, 0.2) is 9.84 Å². The minimum absolute atomic E-state index is 0.235. The molecule has 0 fully saturated rings. The second kappa shape index (κ2) is 6.94. The summed E-state index contributed by atoms with van der Waals surface area (Å²) in [6.45, 7) is 4.45. The molecule has 0 radical (unpaired) electrons. The first-order valence-electron chi connectivity index (χ1n) is 7.15. The van der Waals surface area contributed by atoms with Crippen LogP contribution in [0.4, 0.5) is 5.69 Å². The highest BCUT2D eigenvalue weighted by atomic mass is 32.2. The number of aliphatic hydroxyl groups excluding tert-OH is 1. The molecule has 0 saturated heterocycles. The number of nitrogens with one attached hydrogen (secondary N) is 1. The van der Waals surface area contributed by atoms with Crippen LogP contribution in [-0.4, -0.2) is 25.9 Å². The van der Waals surface area contributed by atoms with Crippen LogP contribution in [0.3, 0.4) is 0 Å². The molecule has 5 heteroatoms. The SMILES string of the molecule is Cc1cc(C)cc(CNc2ccc(S(=O)(=O)CCO)cc2)c1. The highest BCUT2D eigenvalue weighted by Gasteiger charge is 2.12. The average molecular weight is 319 g/mol. The molecule has 0 aliphatic rings. The van der Waals surface area contributed by atoms with Crippen molar-refractivity contribution >= 4 is 15.5 Å². The molecular weight excluding hydrogens is 298 g/mol. The van der Waals surface area contributed by atoms with Gasteiger partial charge in [-0.2, -0.15) is 0 Å². The smallest absolute Gasteiger partial charge is 0.180 e. The molecule has 4 nitrogen and oxygen atoms in total. The van der Waals surface area contributed by atoms with Crippen LogP contribution in [0.15, 0.2) is 47.4 Å². The first-order chi connectivity index (χ1) is 10.4. The van der Waals surface area contributed by atoms with Crippen molar-refractivity contribution in [3.05, 3.63) is 59.2 Å². The van der Waals surface area contributed by atoms with Crippen molar-refractivity contribution in [3.8, 4) is 0 Å². The van der Waals surface area contributed by atoms with Gasteiger partial charge in [0.2, 0.25) is 0 Å². The van der Waals surface area contributed by atoms with E-state index in [1.165, 1.54) is 16.7 Å². The van der Waals surface area contributed by atoms with E-state index in [2.05, 4.69) is 37.4 Å². The van der Waals surface area contributed by atoms with Crippen molar-refractivity contribution in [2.45, 2.75) is 25.3 Å². The van der Waals surface area contributed by atoms with Crippen molar-refractivity contribution < 1.29 is 13.5 Å². The standard InChI is InChI=1S/C17H21NO3S/c1-13-9-14(2)11-15(10-13)12-18-16-3-5-17(6-4-16)22(20,21)8-7-19/h3-6,9-11,18-19H,7-8,12H2,1-2H3. The largest absolute Gasteiger partial charge is 0.395 e. The van der Waals surface area contributed by atoms with Gasteiger partial charge in [-0.25, -0.2) is 8.42 Å². The van der Waals surface area contributed by atoms with E-state index in [1.807, 2.05) is 0 Å². The molecule has 0 spiro atoms. The normalized spacial score (nSPS) is 11.4. The average Bonchev–Trinajstić information content (AvgIpc) is 2.44. The summed E-state index contributed by atoms with van der Waals surface area (Å²) in [5.41, 5.74) is 4.50. The lowest BCUT2D eigenvalue weighted by atomic mass is 10.1. The van der Waals surface area contributed by atoms with Crippen LogP contribution in [0, 0.1) is 13.8 Å². The molecule has 0 amide bonds. The van der Waals surface area contributed by atoms with Gasteiger partial charge >= 0.3 is 0 Å². The summed E-state index contributed by atoms with van der Waals surface area (Å²) < 4.78 is 23.6. The fourth-order valence-corrected chi connectivity index (χ4v) is 3.42. The maximum Gasteiger partial charge on any atom is 0.180 e. The molecule has 0 atom stereocenters. The van der Waals surface area contributed by atoms with Gasteiger partial charge in [0.1, 0.15) is 0 Å². The van der Waals surface area contributed by atoms with Crippen LogP contribution in [0.5, 0.6) is 0 Å². The van der Waals surface area contributed by atoms with E-state index in [0.29, 0.717) is 6.54 Å². The van der Waals surface area contributed by atoms with E-state index in [0.717, 1.165) is 5.69 Å². The van der Waals surface area contributed by atoms with Crippen LogP contribution >= 0.6 is 0 Å². The monoisotopic (exact) mass is 319 g/mol. The Hall–Kier alpha value is -1.85. The van der Waals surface area contributed by atoms with Gasteiger partial charge in [-0.1, -0.05) is 29.3 Å². The van der Waals surface area contributed by atoms with Crippen LogP contribution in [0.1, 0.15) is 16.7 Å². The fraction of sp³-hybridized carbons (Fsp3) is 0.294. The van der Waals surface area contributed by atoms with Gasteiger partial charge in [0, 0.05) is 12.2 Å². The number of aryl methyl sites for hydroxylation is 2. The Labute approximate surface area is 131 Å². The highest BCUT2D eigenvalue weighted by Crippen LogP contribution is 2.17. The maximum atomic E-state index is 11.8. The third kappa shape index (κ3) is 4.32. The van der Waals surface area contributed by atoms with E-state index in [1.54, 1.807) is 24.3 Å². The second-order valence-corrected chi connectivity index (χ2v) is 7.53. The Morgan fingerprint density at radius 2 is 1.59 bits per heavy atom. The summed E-state index contributed by atoms with van der Waals surface area (Å²) in [6.07, 6.45) is 0. The molecule has 0 aliphatic carbocycles. The zero-order chi connectivity index (χ0) is 16.2. The quantitative estimate of drug-likeness (QED) is 0.859. The van der Waals surface area contributed by atoms with E-state index in [-0.39, 0.29) is 17.3 Å². The summed E-state index contributed by atoms with van der Waals surface area (Å²) in [6, 6.07) is 13.0. The third-order valence-electron chi connectivity index (χ3n) is 3.35. The Balaban J connectivity index is 2.05. The number of anilines is 1. The molecule has 0 heterocycles. The number of hydrogen-bond donors (Lipinski definition) is 2. The molecular formula is C17H21NO3S. The van der Waals surface area contributed by atoms with Gasteiger partial charge < -0.3 is 10.4 Å². The number of aliphatic hydroxyl groups is 1. The lowest BCUT2D eigenvalue weighted by Crippen LogP contribution is -2.10. The molecule has 0 saturated carbocycles. The van der Waals surface area contributed by atoms with Gasteiger partial charge in [0.05, 0.1) is 17.3 Å². The lowest BCUT2D eigenvalue weighted by molar-refractivity contribution is 0.319. The molecule has 2 rings (SSSR count). The minimum Gasteiger partial charge on any atom is -0.395 e. The number of rotatable bonds is 6. The summed E-state index contributed by atoms with van der Waals surface area (Å²) >= 11 is 0. The molecule has 0 aromatic heterocycles. The van der Waals surface area contributed by atoms with Crippen LogP contribution in [-0.2, 0) is 16.4 Å². The van der Waals surface area contributed by atoms with E-state index >= 15 is 0 Å². The Bertz CT molecular complexity index is 717. The Morgan fingerprint density at radius 3 is 2.14 bits per heavy atom. The number of sulfone groups is 1. The zero-order valence-corrected chi connectivity index (χ0v) is 13.7. The molecule has 0 aliphatic heterocycles. The predicted molar refractivity (Wildman–Crippen MR) is 88.8 cm³/mol. The predicted octanol–water partition coefficient (Wildman–Crippen LogP) is 2.68. The van der Waals surface area contributed by atoms with Crippen LogP contribution in [0.2, 0.25) is 0 Å². The van der Waals surface area contributed by atoms with E-state index in [4.69, 9.17) is 5.11 Å². The zero-order valence-electron chi connectivity index (χ0n) is 12.8. The number of hydrogen-bond acceptors (Lipinski definition) is 4. The third-order valence-corrected chi connectivity index (χ3v) is 5.06. The van der Waals surface area contributed by atoms with Crippen molar-refractivity contribution in [2.24, 2.45) is 0 Å². The van der Waals surface area contributed by atoms with Gasteiger partial charge in [0.25, 0.3) is 0 Å². The summed E-state index contributed by atoms with van der Waals surface area (Å²) in [4.78, 5) is 0.235. The fourth-order valence-electron chi connectivity index (χ4n) is 2.39. The molecule has 2 aromatic carbocycles. The first kappa shape index (κ1) is 16.5. The van der Waals surface area contributed by atoms with E-state index < -0.39 is 9.84 Å². The molecule has 22 heavy (non-hydrogen) atoms. The summed E-state index contributed by atoms with van der Waals surface area (Å²) in [7, 11) is -3.38. The van der Waals surface area contributed by atoms with Crippen molar-refractivity contribution in [3.63, 3.8) is 0 Å². The molecule has 2 aromatic rings. The second-order valence-electron chi connectivity index (χ2n) is 5.42. The first-order valence-corrected chi connectivity index (χ1v) is 8.81. The van der Waals surface area contributed by atoms with Gasteiger partial charge in [-0.15, -0.1) is 0 Å².